The number of hydrogen-bond acceptors (Lipinski definition) is 3. The molecule has 0 saturated heterocycles. The molecule has 5 heteroatoms. The Morgan fingerprint density at radius 2 is 1.81 bits per heavy atom. The van der Waals surface area contributed by atoms with Crippen LogP contribution in [0.2, 0.25) is 0 Å². The number of imide groups is 1. The molecule has 0 aliphatic carbocycles. The van der Waals surface area contributed by atoms with Crippen LogP contribution in [0, 0.1) is 0 Å². The monoisotopic (exact) mass is 347 g/mol. The van der Waals surface area contributed by atoms with E-state index in [1.54, 1.807) is 19.2 Å². The van der Waals surface area contributed by atoms with Crippen LogP contribution in [0.3, 0.4) is 0 Å². The first kappa shape index (κ1) is 14.2. The molecule has 1 heterocycles. The molecule has 0 fully saturated rings. The molecule has 2 amide bonds. The van der Waals surface area contributed by atoms with Gasteiger partial charge in [-0.2, -0.15) is 0 Å². The maximum Gasteiger partial charge on any atom is 0.261 e. The smallest absolute Gasteiger partial charge is 0.261 e. The largest absolute Gasteiger partial charge is 0.385 e. The predicted octanol–water partition coefficient (Wildman–Crippen LogP) is 3.23. The Balaban J connectivity index is 2.11. The number of carbonyl (C=O) groups is 2. The molecule has 0 N–H and O–H groups in total. The van der Waals surface area contributed by atoms with E-state index >= 15 is 0 Å². The minimum Gasteiger partial charge on any atom is -0.385 e. The Morgan fingerprint density at radius 3 is 2.52 bits per heavy atom. The van der Waals surface area contributed by atoms with Crippen molar-refractivity contribution in [2.75, 3.05) is 20.3 Å². The van der Waals surface area contributed by atoms with Gasteiger partial charge in [0, 0.05) is 41.2 Å². The van der Waals surface area contributed by atoms with E-state index in [1.165, 1.54) is 4.90 Å². The molecule has 108 valence electrons. The van der Waals surface area contributed by atoms with Crippen molar-refractivity contribution in [3.05, 3.63) is 45.9 Å². The molecule has 0 saturated carbocycles. The van der Waals surface area contributed by atoms with Crippen LogP contribution < -0.4 is 0 Å². The molecule has 2 aromatic rings. The lowest BCUT2D eigenvalue weighted by molar-refractivity contribution is 0.0595. The lowest BCUT2D eigenvalue weighted by Crippen LogP contribution is -2.41. The highest BCUT2D eigenvalue weighted by Crippen LogP contribution is 2.34. The van der Waals surface area contributed by atoms with Gasteiger partial charge < -0.3 is 4.74 Å². The van der Waals surface area contributed by atoms with Crippen LogP contribution in [-0.4, -0.2) is 37.0 Å². The van der Waals surface area contributed by atoms with Crippen LogP contribution in [0.5, 0.6) is 0 Å². The first-order valence-corrected chi connectivity index (χ1v) is 7.51. The van der Waals surface area contributed by atoms with Gasteiger partial charge in [0.1, 0.15) is 0 Å². The highest BCUT2D eigenvalue weighted by atomic mass is 79.9. The third kappa shape index (κ3) is 2.26. The summed E-state index contributed by atoms with van der Waals surface area (Å²) in [5.74, 6) is -0.459. The summed E-state index contributed by atoms with van der Waals surface area (Å²) in [7, 11) is 1.60. The van der Waals surface area contributed by atoms with Crippen LogP contribution in [0.4, 0.5) is 0 Å². The van der Waals surface area contributed by atoms with Gasteiger partial charge in [0.05, 0.1) is 0 Å². The number of carbonyl (C=O) groups excluding carboxylic acids is 2. The number of benzene rings is 2. The number of halogens is 1. The van der Waals surface area contributed by atoms with Gasteiger partial charge in [0.25, 0.3) is 11.8 Å². The van der Waals surface area contributed by atoms with Gasteiger partial charge in [0.2, 0.25) is 0 Å². The van der Waals surface area contributed by atoms with Crippen molar-refractivity contribution >= 4 is 38.5 Å². The second kappa shape index (κ2) is 5.58. The Kier molecular flexibility index (Phi) is 3.78. The van der Waals surface area contributed by atoms with Crippen molar-refractivity contribution < 1.29 is 14.3 Å². The van der Waals surface area contributed by atoms with Gasteiger partial charge in [0.15, 0.2) is 0 Å². The number of rotatable bonds is 4. The van der Waals surface area contributed by atoms with Crippen molar-refractivity contribution in [1.82, 2.24) is 4.90 Å². The molecular weight excluding hydrogens is 334 g/mol. The number of methoxy groups -OCH3 is 1. The third-order valence-electron chi connectivity index (χ3n) is 3.67. The van der Waals surface area contributed by atoms with E-state index in [0.29, 0.717) is 30.7 Å². The highest BCUT2D eigenvalue weighted by molar-refractivity contribution is 9.10. The van der Waals surface area contributed by atoms with Crippen molar-refractivity contribution in [2.24, 2.45) is 0 Å². The van der Waals surface area contributed by atoms with Gasteiger partial charge in [-0.25, -0.2) is 0 Å². The number of hydrogen-bond donors (Lipinski definition) is 0. The summed E-state index contributed by atoms with van der Waals surface area (Å²) >= 11 is 3.47. The molecule has 0 spiro atoms. The maximum atomic E-state index is 12.6. The summed E-state index contributed by atoms with van der Waals surface area (Å²) in [6.07, 6.45) is 0.635. The standard InChI is InChI=1S/C16H14BrNO3/c1-21-9-3-8-18-15(19)11-5-2-4-10-13(17)7-6-12(14(10)11)16(18)20/h2,4-7H,3,8-9H2,1H3. The lowest BCUT2D eigenvalue weighted by atomic mass is 9.94. The zero-order chi connectivity index (χ0) is 15.0. The fraction of sp³-hybridized carbons (Fsp3) is 0.250. The molecule has 0 atom stereocenters. The molecule has 2 aromatic carbocycles. The van der Waals surface area contributed by atoms with Gasteiger partial charge >= 0.3 is 0 Å². The molecule has 0 radical (unpaired) electrons. The van der Waals surface area contributed by atoms with E-state index in [4.69, 9.17) is 4.74 Å². The summed E-state index contributed by atoms with van der Waals surface area (Å²) < 4.78 is 5.88. The average molecular weight is 348 g/mol. The minimum atomic E-state index is -0.229. The van der Waals surface area contributed by atoms with Crippen LogP contribution in [-0.2, 0) is 4.74 Å². The summed E-state index contributed by atoms with van der Waals surface area (Å²) in [6.45, 7) is 0.895. The van der Waals surface area contributed by atoms with Gasteiger partial charge in [-0.15, -0.1) is 0 Å². The average Bonchev–Trinajstić information content (AvgIpc) is 2.49. The Hall–Kier alpha value is -1.72. The fourth-order valence-electron chi connectivity index (χ4n) is 2.68. The van der Waals surface area contributed by atoms with E-state index in [1.807, 2.05) is 18.2 Å². The van der Waals surface area contributed by atoms with Crippen LogP contribution in [0.1, 0.15) is 27.1 Å². The van der Waals surface area contributed by atoms with Crippen LogP contribution >= 0.6 is 15.9 Å². The Morgan fingerprint density at radius 1 is 1.10 bits per heavy atom. The predicted molar refractivity (Wildman–Crippen MR) is 83.5 cm³/mol. The van der Waals surface area contributed by atoms with Gasteiger partial charge in [-0.05, 0) is 30.0 Å². The Bertz CT molecular complexity index is 719. The molecule has 21 heavy (non-hydrogen) atoms. The summed E-state index contributed by atoms with van der Waals surface area (Å²) in [5, 5.41) is 1.63. The second-order valence-electron chi connectivity index (χ2n) is 4.93. The van der Waals surface area contributed by atoms with E-state index in [0.717, 1.165) is 15.2 Å². The molecule has 0 aromatic heterocycles. The summed E-state index contributed by atoms with van der Waals surface area (Å²) in [5.41, 5.74) is 1.17. The zero-order valence-corrected chi connectivity index (χ0v) is 13.1. The van der Waals surface area contributed by atoms with E-state index in [-0.39, 0.29) is 11.8 Å². The first-order chi connectivity index (χ1) is 10.1. The molecule has 0 unspecified atom stereocenters. The topological polar surface area (TPSA) is 46.6 Å². The zero-order valence-electron chi connectivity index (χ0n) is 11.6. The first-order valence-electron chi connectivity index (χ1n) is 6.71. The van der Waals surface area contributed by atoms with E-state index in [2.05, 4.69) is 15.9 Å². The second-order valence-corrected chi connectivity index (χ2v) is 5.79. The molecular formula is C16H14BrNO3. The molecule has 3 rings (SSSR count). The highest BCUT2D eigenvalue weighted by Gasteiger charge is 2.32. The molecule has 0 bridgehead atoms. The SMILES string of the molecule is COCCCN1C(=O)c2cccc3c(Br)ccc(c23)C1=O. The van der Waals surface area contributed by atoms with Crippen LogP contribution in [0.15, 0.2) is 34.8 Å². The number of nitrogens with zero attached hydrogens (tertiary/aromatic N) is 1. The van der Waals surface area contributed by atoms with Crippen molar-refractivity contribution in [1.29, 1.82) is 0 Å². The van der Waals surface area contributed by atoms with Gasteiger partial charge in [-0.3, -0.25) is 14.5 Å². The summed E-state index contributed by atoms with van der Waals surface area (Å²) in [6, 6.07) is 9.15. The Labute approximate surface area is 130 Å². The number of amides is 2. The van der Waals surface area contributed by atoms with E-state index < -0.39 is 0 Å². The molecule has 1 aliphatic heterocycles. The third-order valence-corrected chi connectivity index (χ3v) is 4.36. The minimum absolute atomic E-state index is 0.229. The number of ether oxygens (including phenoxy) is 1. The van der Waals surface area contributed by atoms with Crippen molar-refractivity contribution in [2.45, 2.75) is 6.42 Å². The molecule has 1 aliphatic rings. The van der Waals surface area contributed by atoms with E-state index in [9.17, 15) is 9.59 Å². The normalized spacial score (nSPS) is 14.1. The van der Waals surface area contributed by atoms with Gasteiger partial charge in [-0.1, -0.05) is 28.1 Å². The summed E-state index contributed by atoms with van der Waals surface area (Å²) in [4.78, 5) is 26.4. The van der Waals surface area contributed by atoms with Crippen molar-refractivity contribution in [3.63, 3.8) is 0 Å². The quantitative estimate of drug-likeness (QED) is 0.630. The van der Waals surface area contributed by atoms with Crippen molar-refractivity contribution in [3.8, 4) is 0 Å². The molecule has 4 nitrogen and oxygen atoms in total. The van der Waals surface area contributed by atoms with Crippen LogP contribution in [0.25, 0.3) is 10.8 Å². The fourth-order valence-corrected chi connectivity index (χ4v) is 3.14. The maximum absolute atomic E-state index is 12.6. The lowest BCUT2D eigenvalue weighted by Gasteiger charge is -2.27.